The summed E-state index contributed by atoms with van der Waals surface area (Å²) in [7, 11) is 0. The molecule has 2 aromatic rings. The summed E-state index contributed by atoms with van der Waals surface area (Å²) in [4.78, 5) is 27.1. The molecule has 6 nitrogen and oxygen atoms in total. The van der Waals surface area contributed by atoms with Crippen LogP contribution in [0.15, 0.2) is 47.2 Å². The monoisotopic (exact) mass is 259 g/mol. The van der Waals surface area contributed by atoms with Crippen LogP contribution in [0.2, 0.25) is 0 Å². The second kappa shape index (κ2) is 6.34. The van der Waals surface area contributed by atoms with Crippen molar-refractivity contribution in [2.24, 2.45) is 0 Å². The van der Waals surface area contributed by atoms with Gasteiger partial charge in [-0.05, 0) is 24.3 Å². The molecule has 2 aromatic heterocycles. The maximum Gasteiger partial charge on any atom is 0.287 e. The van der Waals surface area contributed by atoms with Crippen molar-refractivity contribution >= 4 is 11.8 Å². The van der Waals surface area contributed by atoms with Gasteiger partial charge in [0.2, 0.25) is 5.91 Å². The van der Waals surface area contributed by atoms with Crippen molar-refractivity contribution in [2.75, 3.05) is 6.54 Å². The van der Waals surface area contributed by atoms with Crippen molar-refractivity contribution in [1.29, 1.82) is 0 Å². The first-order valence-electron chi connectivity index (χ1n) is 5.74. The van der Waals surface area contributed by atoms with E-state index >= 15 is 0 Å². The van der Waals surface area contributed by atoms with E-state index in [1.165, 1.54) is 12.3 Å². The number of pyridine rings is 1. The highest BCUT2D eigenvalue weighted by Crippen LogP contribution is 1.98. The summed E-state index contributed by atoms with van der Waals surface area (Å²) >= 11 is 0. The van der Waals surface area contributed by atoms with E-state index in [-0.39, 0.29) is 18.2 Å². The number of rotatable bonds is 5. The number of hydrogen-bond acceptors (Lipinski definition) is 4. The molecule has 0 bridgehead atoms. The van der Waals surface area contributed by atoms with Gasteiger partial charge in [0.25, 0.3) is 5.91 Å². The lowest BCUT2D eigenvalue weighted by molar-refractivity contribution is -0.120. The lowest BCUT2D eigenvalue weighted by Gasteiger charge is -2.05. The predicted octanol–water partition coefficient (Wildman–Crippen LogP) is 0.721. The van der Waals surface area contributed by atoms with E-state index in [0.29, 0.717) is 6.54 Å². The Labute approximate surface area is 109 Å². The van der Waals surface area contributed by atoms with Gasteiger partial charge in [-0.25, -0.2) is 0 Å². The Balaban J connectivity index is 1.72. The first kappa shape index (κ1) is 12.8. The fourth-order valence-electron chi connectivity index (χ4n) is 1.41. The van der Waals surface area contributed by atoms with E-state index in [9.17, 15) is 9.59 Å². The van der Waals surface area contributed by atoms with Gasteiger partial charge in [0.05, 0.1) is 25.0 Å². The minimum Gasteiger partial charge on any atom is -0.459 e. The van der Waals surface area contributed by atoms with Gasteiger partial charge in [-0.2, -0.15) is 0 Å². The maximum absolute atomic E-state index is 11.5. The Hall–Kier alpha value is -2.63. The van der Waals surface area contributed by atoms with Crippen LogP contribution in [0, 0.1) is 0 Å². The molecule has 0 saturated heterocycles. The first-order chi connectivity index (χ1) is 9.25. The summed E-state index contributed by atoms with van der Waals surface area (Å²) in [6, 6.07) is 8.58. The third-order valence-electron chi connectivity index (χ3n) is 2.35. The molecular weight excluding hydrogens is 246 g/mol. The fraction of sp³-hybridized carbons (Fsp3) is 0.154. The topological polar surface area (TPSA) is 84.2 Å². The van der Waals surface area contributed by atoms with Gasteiger partial charge in [-0.1, -0.05) is 6.07 Å². The van der Waals surface area contributed by atoms with E-state index < -0.39 is 5.91 Å². The fourth-order valence-corrected chi connectivity index (χ4v) is 1.41. The van der Waals surface area contributed by atoms with Crippen molar-refractivity contribution in [1.82, 2.24) is 15.6 Å². The van der Waals surface area contributed by atoms with Gasteiger partial charge in [0.15, 0.2) is 5.76 Å². The largest absolute Gasteiger partial charge is 0.459 e. The van der Waals surface area contributed by atoms with E-state index in [2.05, 4.69) is 15.6 Å². The normalized spacial score (nSPS) is 9.89. The van der Waals surface area contributed by atoms with Crippen LogP contribution in [-0.2, 0) is 11.3 Å². The second-order valence-corrected chi connectivity index (χ2v) is 3.76. The zero-order valence-electron chi connectivity index (χ0n) is 10.1. The van der Waals surface area contributed by atoms with Gasteiger partial charge in [-0.15, -0.1) is 0 Å². The first-order valence-corrected chi connectivity index (χ1v) is 5.74. The summed E-state index contributed by atoms with van der Waals surface area (Å²) in [5.41, 5.74) is 0.758. The minimum atomic E-state index is -0.419. The molecule has 2 amide bonds. The molecule has 19 heavy (non-hydrogen) atoms. The molecule has 0 aliphatic carbocycles. The minimum absolute atomic E-state index is 0.105. The highest BCUT2D eigenvalue weighted by Gasteiger charge is 2.09. The maximum atomic E-state index is 11.5. The van der Waals surface area contributed by atoms with Crippen molar-refractivity contribution in [2.45, 2.75) is 6.54 Å². The van der Waals surface area contributed by atoms with Crippen LogP contribution in [0.5, 0.6) is 0 Å². The van der Waals surface area contributed by atoms with Crippen LogP contribution in [0.1, 0.15) is 16.2 Å². The van der Waals surface area contributed by atoms with Crippen LogP contribution in [0.3, 0.4) is 0 Å². The van der Waals surface area contributed by atoms with E-state index in [0.717, 1.165) is 5.69 Å². The van der Waals surface area contributed by atoms with E-state index in [4.69, 9.17) is 4.42 Å². The number of nitrogens with one attached hydrogen (secondary N) is 2. The van der Waals surface area contributed by atoms with E-state index in [1.807, 2.05) is 12.1 Å². The summed E-state index contributed by atoms with van der Waals surface area (Å²) in [6.07, 6.45) is 3.05. The zero-order valence-corrected chi connectivity index (χ0v) is 10.1. The standard InChI is InChI=1S/C13H13N3O3/c17-12(15-8-10-4-1-2-6-14-10)9-16-13(18)11-5-3-7-19-11/h1-7H,8-9H2,(H,15,17)(H,16,18). The van der Waals surface area contributed by atoms with Crippen LogP contribution in [-0.4, -0.2) is 23.3 Å². The quantitative estimate of drug-likeness (QED) is 0.828. The lowest BCUT2D eigenvalue weighted by Crippen LogP contribution is -2.36. The molecule has 0 aliphatic heterocycles. The number of hydrogen-bond donors (Lipinski definition) is 2. The Morgan fingerprint density at radius 3 is 2.74 bits per heavy atom. The van der Waals surface area contributed by atoms with Crippen molar-refractivity contribution in [3.05, 3.63) is 54.2 Å². The number of furan rings is 1. The smallest absolute Gasteiger partial charge is 0.287 e. The van der Waals surface area contributed by atoms with Crippen LogP contribution in [0.25, 0.3) is 0 Å². The molecule has 2 rings (SSSR count). The summed E-state index contributed by atoms with van der Waals surface area (Å²) < 4.78 is 4.90. The second-order valence-electron chi connectivity index (χ2n) is 3.76. The van der Waals surface area contributed by atoms with Crippen molar-refractivity contribution in [3.8, 4) is 0 Å². The number of aromatic nitrogens is 1. The number of amides is 2. The molecule has 2 N–H and O–H groups in total. The summed E-state index contributed by atoms with van der Waals surface area (Å²) in [6.45, 7) is 0.225. The highest BCUT2D eigenvalue weighted by molar-refractivity contribution is 5.94. The van der Waals surface area contributed by atoms with Crippen LogP contribution in [0.4, 0.5) is 0 Å². The number of carbonyl (C=O) groups is 2. The van der Waals surface area contributed by atoms with Gasteiger partial charge >= 0.3 is 0 Å². The molecule has 0 unspecified atom stereocenters. The highest BCUT2D eigenvalue weighted by atomic mass is 16.3. The molecule has 0 aromatic carbocycles. The molecule has 98 valence electrons. The number of carbonyl (C=O) groups excluding carboxylic acids is 2. The Kier molecular flexibility index (Phi) is 4.28. The molecule has 0 atom stereocenters. The zero-order chi connectivity index (χ0) is 13.5. The van der Waals surface area contributed by atoms with Crippen LogP contribution < -0.4 is 10.6 Å². The number of nitrogens with zero attached hydrogens (tertiary/aromatic N) is 1. The molecule has 0 spiro atoms. The average Bonchev–Trinajstić information content (AvgIpc) is 2.98. The molecule has 0 fully saturated rings. The Morgan fingerprint density at radius 2 is 2.05 bits per heavy atom. The van der Waals surface area contributed by atoms with Crippen LogP contribution >= 0.6 is 0 Å². The summed E-state index contributed by atoms with van der Waals surface area (Å²) in [5, 5.41) is 5.11. The molecule has 2 heterocycles. The third kappa shape index (κ3) is 3.95. The summed E-state index contributed by atoms with van der Waals surface area (Å²) in [5.74, 6) is -0.527. The van der Waals surface area contributed by atoms with Gasteiger partial charge in [0.1, 0.15) is 0 Å². The molecular formula is C13H13N3O3. The van der Waals surface area contributed by atoms with Gasteiger partial charge in [-0.3, -0.25) is 14.6 Å². The molecule has 0 radical (unpaired) electrons. The molecule has 6 heteroatoms. The van der Waals surface area contributed by atoms with E-state index in [1.54, 1.807) is 18.3 Å². The van der Waals surface area contributed by atoms with Gasteiger partial charge in [0, 0.05) is 6.20 Å². The molecule has 0 saturated carbocycles. The lowest BCUT2D eigenvalue weighted by atomic mass is 10.3. The third-order valence-corrected chi connectivity index (χ3v) is 2.35. The van der Waals surface area contributed by atoms with Crippen molar-refractivity contribution in [3.63, 3.8) is 0 Å². The molecule has 0 aliphatic rings. The SMILES string of the molecule is O=C(CNC(=O)c1ccco1)NCc1ccccn1. The Bertz CT molecular complexity index is 538. The Morgan fingerprint density at radius 1 is 1.16 bits per heavy atom. The van der Waals surface area contributed by atoms with Crippen molar-refractivity contribution < 1.29 is 14.0 Å². The predicted molar refractivity (Wildman–Crippen MR) is 67.1 cm³/mol. The van der Waals surface area contributed by atoms with Gasteiger partial charge < -0.3 is 15.1 Å². The average molecular weight is 259 g/mol.